The van der Waals surface area contributed by atoms with Gasteiger partial charge in [0.2, 0.25) is 0 Å². The summed E-state index contributed by atoms with van der Waals surface area (Å²) in [6.45, 7) is 22.2. The van der Waals surface area contributed by atoms with Gasteiger partial charge in [0.1, 0.15) is 23.0 Å². The molecule has 0 radical (unpaired) electrons. The van der Waals surface area contributed by atoms with E-state index in [2.05, 4.69) is 79.7 Å². The molecule has 17 heteroatoms. The first-order valence-electron chi connectivity index (χ1n) is 25.6. The first-order valence-corrected chi connectivity index (χ1v) is 28.9. The van der Waals surface area contributed by atoms with Gasteiger partial charge in [0, 0.05) is 7.11 Å². The molecule has 0 spiro atoms. The highest BCUT2D eigenvalue weighted by atomic mass is 31.2. The van der Waals surface area contributed by atoms with Crippen molar-refractivity contribution < 1.29 is 64.4 Å². The number of rotatable bonds is 42. The second kappa shape index (κ2) is 37.7. The van der Waals surface area contributed by atoms with E-state index in [0.717, 1.165) is 70.9 Å². The van der Waals surface area contributed by atoms with E-state index in [1.54, 1.807) is 7.11 Å². The number of hydrogen-bond donors (Lipinski definition) is 0. The molecule has 0 amide bonds. The quantitative estimate of drug-likeness (QED) is 0.0308. The van der Waals surface area contributed by atoms with Gasteiger partial charge in [-0.1, -0.05) is 128 Å². The van der Waals surface area contributed by atoms with Crippen molar-refractivity contribution >= 4 is 25.8 Å². The van der Waals surface area contributed by atoms with Crippen LogP contribution in [0.25, 0.3) is 0 Å². The summed E-state index contributed by atoms with van der Waals surface area (Å²) in [4.78, 5) is 0. The summed E-state index contributed by atoms with van der Waals surface area (Å²) in [5.74, 6) is 4.34. The Morgan fingerprint density at radius 2 is 0.528 bits per heavy atom. The zero-order valence-electron chi connectivity index (χ0n) is 44.3. The van der Waals surface area contributed by atoms with Crippen LogP contribution in [-0.2, 0) is 46.3 Å². The summed E-state index contributed by atoms with van der Waals surface area (Å²) < 4.78 is 84.3. The van der Waals surface area contributed by atoms with Crippen LogP contribution in [-0.4, -0.2) is 99.6 Å². The molecule has 4 aromatic rings. The molecule has 14 nitrogen and oxygen atoms in total. The SMILES string of the molecule is CCC(C)c1ccccc1OP(OCCOC)OCCOCCOCCOP(OCCOCCOCCOP(Oc1ccccc1C(C)CC)Oc1ccccc1C(C)CC)Oc1ccccc1C(C)CC. The molecule has 0 aliphatic rings. The minimum Gasteiger partial charge on any atom is -0.426 e. The minimum atomic E-state index is -1.77. The molecule has 4 aromatic carbocycles. The predicted octanol–water partition coefficient (Wildman–Crippen LogP) is 14.8. The Balaban J connectivity index is 1.17. The maximum absolute atomic E-state index is 6.47. The second-order valence-electron chi connectivity index (χ2n) is 17.0. The summed E-state index contributed by atoms with van der Waals surface area (Å²) in [6.07, 6.45) is 3.94. The Labute approximate surface area is 435 Å². The van der Waals surface area contributed by atoms with Crippen molar-refractivity contribution in [3.05, 3.63) is 119 Å². The van der Waals surface area contributed by atoms with E-state index in [-0.39, 0.29) is 19.8 Å². The molecular weight excluding hydrogens is 978 g/mol. The van der Waals surface area contributed by atoms with Crippen molar-refractivity contribution in [2.24, 2.45) is 0 Å². The molecular formula is C55H83O14P3. The Bertz CT molecular complexity index is 1940. The van der Waals surface area contributed by atoms with Crippen LogP contribution < -0.4 is 18.1 Å². The van der Waals surface area contributed by atoms with Crippen LogP contribution in [0.15, 0.2) is 97.1 Å². The minimum absolute atomic E-state index is 0.265. The van der Waals surface area contributed by atoms with E-state index in [4.69, 9.17) is 64.4 Å². The van der Waals surface area contributed by atoms with Crippen LogP contribution in [0.2, 0.25) is 0 Å². The maximum atomic E-state index is 6.47. The number of methoxy groups -OCH3 is 1. The lowest BCUT2D eigenvalue weighted by Gasteiger charge is -2.23. The topological polar surface area (TPSA) is 129 Å². The highest BCUT2D eigenvalue weighted by Crippen LogP contribution is 2.47. The Morgan fingerprint density at radius 1 is 0.306 bits per heavy atom. The zero-order valence-corrected chi connectivity index (χ0v) is 47.0. The van der Waals surface area contributed by atoms with Crippen molar-refractivity contribution in [1.29, 1.82) is 0 Å². The molecule has 0 N–H and O–H groups in total. The van der Waals surface area contributed by atoms with Gasteiger partial charge in [-0.2, -0.15) is 0 Å². The third kappa shape index (κ3) is 23.2. The van der Waals surface area contributed by atoms with Gasteiger partial charge in [-0.25, -0.2) is 0 Å². The van der Waals surface area contributed by atoms with Gasteiger partial charge in [0.15, 0.2) is 0 Å². The fraction of sp³-hybridized carbons (Fsp3) is 0.564. The van der Waals surface area contributed by atoms with Gasteiger partial charge in [0.25, 0.3) is 0 Å². The van der Waals surface area contributed by atoms with E-state index in [1.165, 1.54) is 0 Å². The molecule has 72 heavy (non-hydrogen) atoms. The largest absolute Gasteiger partial charge is 0.463 e. The lowest BCUT2D eigenvalue weighted by Crippen LogP contribution is -2.13. The normalized spacial score (nSPS) is 14.5. The van der Waals surface area contributed by atoms with Crippen molar-refractivity contribution in [1.82, 2.24) is 0 Å². The van der Waals surface area contributed by atoms with Crippen molar-refractivity contribution in [3.63, 3.8) is 0 Å². The molecule has 6 atom stereocenters. The van der Waals surface area contributed by atoms with Gasteiger partial charge in [0.05, 0.1) is 92.5 Å². The van der Waals surface area contributed by atoms with Crippen LogP contribution in [0, 0.1) is 0 Å². The number of hydrogen-bond acceptors (Lipinski definition) is 14. The smallest absolute Gasteiger partial charge is 0.426 e. The average Bonchev–Trinajstić information content (AvgIpc) is 3.41. The summed E-state index contributed by atoms with van der Waals surface area (Å²) in [6, 6.07) is 32.2. The van der Waals surface area contributed by atoms with Gasteiger partial charge >= 0.3 is 25.8 Å². The highest BCUT2D eigenvalue weighted by Gasteiger charge is 2.24. The zero-order chi connectivity index (χ0) is 51.6. The van der Waals surface area contributed by atoms with Crippen LogP contribution >= 0.6 is 25.8 Å². The fourth-order valence-electron chi connectivity index (χ4n) is 6.86. The first-order chi connectivity index (χ1) is 35.2. The van der Waals surface area contributed by atoms with E-state index in [0.29, 0.717) is 96.3 Å². The number of para-hydroxylation sites is 4. The van der Waals surface area contributed by atoms with E-state index in [9.17, 15) is 0 Å². The first kappa shape index (κ1) is 61.5. The molecule has 402 valence electrons. The number of benzene rings is 4. The second-order valence-corrected chi connectivity index (χ2v) is 20.4. The number of ether oxygens (including phenoxy) is 5. The van der Waals surface area contributed by atoms with Gasteiger partial charge in [-0.3, -0.25) is 4.52 Å². The van der Waals surface area contributed by atoms with Crippen LogP contribution in [0.4, 0.5) is 0 Å². The van der Waals surface area contributed by atoms with E-state index >= 15 is 0 Å². The molecule has 0 saturated carbocycles. The van der Waals surface area contributed by atoms with Gasteiger partial charge in [-0.05, 0) is 95.9 Å². The van der Waals surface area contributed by atoms with E-state index < -0.39 is 25.8 Å². The molecule has 6 unspecified atom stereocenters. The molecule has 0 heterocycles. The molecule has 0 aliphatic carbocycles. The molecule has 0 bridgehead atoms. The Kier molecular flexibility index (Phi) is 32.2. The molecule has 0 saturated heterocycles. The summed E-state index contributed by atoms with van der Waals surface area (Å²) in [5, 5.41) is 0. The summed E-state index contributed by atoms with van der Waals surface area (Å²) >= 11 is 0. The third-order valence-corrected chi connectivity index (χ3v) is 15.2. The monoisotopic (exact) mass is 1060 g/mol. The van der Waals surface area contributed by atoms with Crippen molar-refractivity contribution in [3.8, 4) is 23.0 Å². The molecule has 4 rings (SSSR count). The third-order valence-electron chi connectivity index (χ3n) is 11.9. The van der Waals surface area contributed by atoms with Gasteiger partial charge < -0.3 is 59.9 Å². The Morgan fingerprint density at radius 3 is 0.792 bits per heavy atom. The van der Waals surface area contributed by atoms with Crippen LogP contribution in [0.3, 0.4) is 0 Å². The van der Waals surface area contributed by atoms with Gasteiger partial charge in [-0.15, -0.1) is 0 Å². The molecule has 0 fully saturated rings. The van der Waals surface area contributed by atoms with Crippen molar-refractivity contribution in [2.75, 3.05) is 99.6 Å². The lowest BCUT2D eigenvalue weighted by atomic mass is 9.98. The molecule has 0 aromatic heterocycles. The van der Waals surface area contributed by atoms with Crippen molar-refractivity contribution in [2.45, 2.75) is 105 Å². The highest BCUT2D eigenvalue weighted by molar-refractivity contribution is 7.42. The summed E-state index contributed by atoms with van der Waals surface area (Å²) in [5.41, 5.74) is 4.47. The maximum Gasteiger partial charge on any atom is 0.463 e. The summed E-state index contributed by atoms with van der Waals surface area (Å²) in [7, 11) is -3.54. The van der Waals surface area contributed by atoms with Crippen LogP contribution in [0.5, 0.6) is 23.0 Å². The fourth-order valence-corrected chi connectivity index (χ4v) is 9.79. The molecule has 0 aliphatic heterocycles. The lowest BCUT2D eigenvalue weighted by molar-refractivity contribution is 0.0182. The van der Waals surface area contributed by atoms with E-state index in [1.807, 2.05) is 72.8 Å². The Hall–Kier alpha value is -3.03. The predicted molar refractivity (Wildman–Crippen MR) is 289 cm³/mol. The van der Waals surface area contributed by atoms with Crippen LogP contribution in [0.1, 0.15) is 127 Å². The standard InChI is InChI=1S/C55H83O14P3/c1-10-44(5)48-22-14-18-26-52(48)66-70(61-39-30-56-9)62-40-35-57-31-32-58-36-41-63-71(67-53-27-19-15-23-49(53)45(6)11-2)64-42-37-59-33-34-60-38-43-65-72(68-54-28-20-16-24-50(54)46(7)12-3)69-55-29-21-17-25-51(55)47(8)13-4/h14-29,44-47H,10-13,30-43H2,1-9H3. The average molecular weight is 1060 g/mol.